The molecule has 0 bridgehead atoms. The van der Waals surface area contributed by atoms with Crippen molar-refractivity contribution in [2.45, 2.75) is 12.8 Å². The number of piperidine rings is 1. The van der Waals surface area contributed by atoms with E-state index in [9.17, 15) is 9.59 Å². The molecule has 1 saturated heterocycles. The van der Waals surface area contributed by atoms with Gasteiger partial charge >= 0.3 is 5.97 Å². The molecule has 1 unspecified atom stereocenters. The molecule has 0 aromatic heterocycles. The molecule has 4 nitrogen and oxygen atoms in total. The van der Waals surface area contributed by atoms with Crippen LogP contribution in [-0.4, -0.2) is 32.0 Å². The Hall–Kier alpha value is -0.900. The van der Waals surface area contributed by atoms with Crippen LogP contribution in [0.4, 0.5) is 0 Å². The lowest BCUT2D eigenvalue weighted by Crippen LogP contribution is -2.37. The quantitative estimate of drug-likeness (QED) is 0.459. The number of carbonyl (C=O) groups excluding carboxylic acids is 2. The summed E-state index contributed by atoms with van der Waals surface area (Å²) in [5.74, 6) is -1.29. The fourth-order valence-corrected chi connectivity index (χ4v) is 1.34. The predicted molar refractivity (Wildman–Crippen MR) is 42.6 cm³/mol. The van der Waals surface area contributed by atoms with Crippen molar-refractivity contribution in [3.8, 4) is 0 Å². The average molecular weight is 171 g/mol. The molecule has 1 atom stereocenters. The number of rotatable bonds is 2. The fourth-order valence-electron chi connectivity index (χ4n) is 1.34. The molecule has 1 fully saturated rings. The second-order valence-corrected chi connectivity index (χ2v) is 2.90. The van der Waals surface area contributed by atoms with E-state index in [1.807, 2.05) is 0 Å². The van der Waals surface area contributed by atoms with Gasteiger partial charge in [0.15, 0.2) is 0 Å². The number of Topliss-reactive ketones (excluding diaryl/α,β-unsaturated/α-hetero) is 1. The predicted octanol–water partition coefficient (Wildman–Crippen LogP) is -0.272. The summed E-state index contributed by atoms with van der Waals surface area (Å²) in [6.45, 7) is 1.54. The Morgan fingerprint density at radius 2 is 2.25 bits per heavy atom. The zero-order chi connectivity index (χ0) is 8.97. The second kappa shape index (κ2) is 4.21. The summed E-state index contributed by atoms with van der Waals surface area (Å²) >= 11 is 0. The molecule has 0 amide bonds. The van der Waals surface area contributed by atoms with E-state index in [2.05, 4.69) is 10.1 Å². The van der Waals surface area contributed by atoms with E-state index >= 15 is 0 Å². The van der Waals surface area contributed by atoms with Crippen LogP contribution in [0.15, 0.2) is 0 Å². The molecule has 0 aliphatic carbocycles. The van der Waals surface area contributed by atoms with E-state index in [-0.39, 0.29) is 5.92 Å². The van der Waals surface area contributed by atoms with Gasteiger partial charge in [-0.2, -0.15) is 0 Å². The van der Waals surface area contributed by atoms with E-state index in [0.717, 1.165) is 19.4 Å². The lowest BCUT2D eigenvalue weighted by Gasteiger charge is -2.19. The number of esters is 1. The zero-order valence-corrected chi connectivity index (χ0v) is 7.13. The van der Waals surface area contributed by atoms with E-state index in [1.165, 1.54) is 7.11 Å². The Bertz CT molecular complexity index is 185. The Kier molecular flexibility index (Phi) is 3.22. The minimum atomic E-state index is -0.719. The molecule has 0 radical (unpaired) electrons. The maximum Gasteiger partial charge on any atom is 0.374 e. The van der Waals surface area contributed by atoms with Crippen molar-refractivity contribution in [1.82, 2.24) is 5.32 Å². The Morgan fingerprint density at radius 1 is 1.50 bits per heavy atom. The van der Waals surface area contributed by atoms with Crippen molar-refractivity contribution in [2.24, 2.45) is 5.92 Å². The van der Waals surface area contributed by atoms with Crippen molar-refractivity contribution in [3.05, 3.63) is 0 Å². The monoisotopic (exact) mass is 171 g/mol. The summed E-state index contributed by atoms with van der Waals surface area (Å²) in [6.07, 6.45) is 1.74. The van der Waals surface area contributed by atoms with Gasteiger partial charge in [0, 0.05) is 12.5 Å². The summed E-state index contributed by atoms with van der Waals surface area (Å²) < 4.78 is 4.35. The molecular formula is C8H13NO3. The number of nitrogens with one attached hydrogen (secondary N) is 1. The minimum absolute atomic E-state index is 0.175. The molecule has 68 valence electrons. The first kappa shape index (κ1) is 9.19. The van der Waals surface area contributed by atoms with Gasteiger partial charge in [-0.3, -0.25) is 4.79 Å². The number of hydrogen-bond donors (Lipinski definition) is 1. The average Bonchev–Trinajstić information content (AvgIpc) is 2.17. The lowest BCUT2D eigenvalue weighted by atomic mass is 9.95. The maximum absolute atomic E-state index is 11.2. The Balaban J connectivity index is 2.45. The van der Waals surface area contributed by atoms with Crippen molar-refractivity contribution in [1.29, 1.82) is 0 Å². The molecule has 0 aromatic rings. The molecule has 0 spiro atoms. The molecule has 1 rings (SSSR count). The molecule has 1 aliphatic heterocycles. The molecule has 1 aliphatic rings. The van der Waals surface area contributed by atoms with E-state index in [1.54, 1.807) is 0 Å². The molecule has 1 N–H and O–H groups in total. The summed E-state index contributed by atoms with van der Waals surface area (Å²) in [6, 6.07) is 0. The van der Waals surface area contributed by atoms with Crippen LogP contribution in [-0.2, 0) is 14.3 Å². The number of hydrogen-bond acceptors (Lipinski definition) is 4. The van der Waals surface area contributed by atoms with Crippen LogP contribution in [0, 0.1) is 5.92 Å². The molecule has 1 heterocycles. The maximum atomic E-state index is 11.2. The second-order valence-electron chi connectivity index (χ2n) is 2.90. The number of methoxy groups -OCH3 is 1. The highest BCUT2D eigenvalue weighted by Gasteiger charge is 2.26. The van der Waals surface area contributed by atoms with Gasteiger partial charge in [0.2, 0.25) is 5.78 Å². The van der Waals surface area contributed by atoms with Gasteiger partial charge in [0.1, 0.15) is 0 Å². The van der Waals surface area contributed by atoms with Gasteiger partial charge in [0.25, 0.3) is 0 Å². The van der Waals surface area contributed by atoms with Crippen molar-refractivity contribution < 1.29 is 14.3 Å². The Morgan fingerprint density at radius 3 is 2.75 bits per heavy atom. The number of ether oxygens (including phenoxy) is 1. The highest BCUT2D eigenvalue weighted by atomic mass is 16.5. The summed E-state index contributed by atoms with van der Waals surface area (Å²) in [5, 5.41) is 3.07. The minimum Gasteiger partial charge on any atom is -0.463 e. The Labute approximate surface area is 71.3 Å². The smallest absolute Gasteiger partial charge is 0.374 e. The van der Waals surface area contributed by atoms with E-state index in [4.69, 9.17) is 0 Å². The third-order valence-corrected chi connectivity index (χ3v) is 2.05. The summed E-state index contributed by atoms with van der Waals surface area (Å²) in [4.78, 5) is 22.0. The van der Waals surface area contributed by atoms with E-state index < -0.39 is 11.8 Å². The molecule has 0 saturated carbocycles. The first-order valence-electron chi connectivity index (χ1n) is 4.08. The van der Waals surface area contributed by atoms with Crippen LogP contribution >= 0.6 is 0 Å². The van der Waals surface area contributed by atoms with Crippen LogP contribution in [0.25, 0.3) is 0 Å². The third-order valence-electron chi connectivity index (χ3n) is 2.05. The normalized spacial score (nSPS) is 23.2. The van der Waals surface area contributed by atoms with Crippen molar-refractivity contribution in [2.75, 3.05) is 20.2 Å². The topological polar surface area (TPSA) is 55.4 Å². The summed E-state index contributed by atoms with van der Waals surface area (Å²) in [7, 11) is 1.23. The van der Waals surface area contributed by atoms with Crippen molar-refractivity contribution >= 4 is 11.8 Å². The fraction of sp³-hybridized carbons (Fsp3) is 0.750. The molecule has 0 aromatic carbocycles. The van der Waals surface area contributed by atoms with Gasteiger partial charge in [0.05, 0.1) is 7.11 Å². The van der Waals surface area contributed by atoms with Crippen LogP contribution in [0.3, 0.4) is 0 Å². The highest BCUT2D eigenvalue weighted by Crippen LogP contribution is 2.11. The van der Waals surface area contributed by atoms with Crippen LogP contribution in [0.5, 0.6) is 0 Å². The van der Waals surface area contributed by atoms with Crippen molar-refractivity contribution in [3.63, 3.8) is 0 Å². The van der Waals surface area contributed by atoms with Gasteiger partial charge in [-0.05, 0) is 19.4 Å². The van der Waals surface area contributed by atoms with Crippen LogP contribution in [0.1, 0.15) is 12.8 Å². The molecule has 12 heavy (non-hydrogen) atoms. The SMILES string of the molecule is COC(=O)C(=O)C1CCCNC1. The first-order valence-corrected chi connectivity index (χ1v) is 4.08. The number of carbonyl (C=O) groups is 2. The molecule has 4 heteroatoms. The number of ketones is 1. The largest absolute Gasteiger partial charge is 0.463 e. The highest BCUT2D eigenvalue weighted by molar-refractivity contribution is 6.34. The zero-order valence-electron chi connectivity index (χ0n) is 7.13. The van der Waals surface area contributed by atoms with Crippen LogP contribution in [0.2, 0.25) is 0 Å². The van der Waals surface area contributed by atoms with E-state index in [0.29, 0.717) is 6.54 Å². The molecular weight excluding hydrogens is 158 g/mol. The van der Waals surface area contributed by atoms with Gasteiger partial charge < -0.3 is 10.1 Å². The van der Waals surface area contributed by atoms with Gasteiger partial charge in [-0.25, -0.2) is 4.79 Å². The standard InChI is InChI=1S/C8H13NO3/c1-12-8(11)7(10)6-3-2-4-9-5-6/h6,9H,2-5H2,1H3. The lowest BCUT2D eigenvalue weighted by molar-refractivity contribution is -0.153. The first-order chi connectivity index (χ1) is 5.75. The van der Waals surface area contributed by atoms with Crippen LogP contribution < -0.4 is 5.32 Å². The van der Waals surface area contributed by atoms with Gasteiger partial charge in [-0.1, -0.05) is 0 Å². The van der Waals surface area contributed by atoms with Gasteiger partial charge in [-0.15, -0.1) is 0 Å². The third kappa shape index (κ3) is 2.04. The summed E-state index contributed by atoms with van der Waals surface area (Å²) in [5.41, 5.74) is 0.